The van der Waals surface area contributed by atoms with Crippen molar-refractivity contribution >= 4 is 24.0 Å². The van der Waals surface area contributed by atoms with E-state index in [1.165, 1.54) is 0 Å². The molecule has 1 aromatic rings. The summed E-state index contributed by atoms with van der Waals surface area (Å²) in [6.45, 7) is 1.64. The zero-order valence-corrected chi connectivity index (χ0v) is 9.70. The molecule has 84 valence electrons. The van der Waals surface area contributed by atoms with Crippen LogP contribution < -0.4 is 0 Å². The fraction of sp³-hybridized carbons (Fsp3) is 0.333. The number of nitrogens with zero attached hydrogens (tertiary/aromatic N) is 1. The summed E-state index contributed by atoms with van der Waals surface area (Å²) in [5.74, 6) is 2.09. The predicted octanol–water partition coefficient (Wildman–Crippen LogP) is 1.69. The third-order valence-electron chi connectivity index (χ3n) is 2.59. The van der Waals surface area contributed by atoms with E-state index in [2.05, 4.69) is 0 Å². The van der Waals surface area contributed by atoms with E-state index in [0.717, 1.165) is 30.9 Å². The number of hydrogen-bond acceptors (Lipinski definition) is 3. The van der Waals surface area contributed by atoms with Crippen LogP contribution in [0.2, 0.25) is 0 Å². The molecule has 0 aromatic heterocycles. The van der Waals surface area contributed by atoms with Crippen LogP contribution in [-0.4, -0.2) is 41.7 Å². The van der Waals surface area contributed by atoms with E-state index in [4.69, 9.17) is 0 Å². The summed E-state index contributed by atoms with van der Waals surface area (Å²) in [5.41, 5.74) is 1.27. The predicted molar refractivity (Wildman–Crippen MR) is 65.1 cm³/mol. The first-order chi connectivity index (χ1) is 7.81. The molecular weight excluding hydrogens is 222 g/mol. The molecule has 0 atom stereocenters. The minimum absolute atomic E-state index is 0.0674. The Morgan fingerprint density at radius 1 is 1.19 bits per heavy atom. The second kappa shape index (κ2) is 5.16. The molecule has 2 rings (SSSR count). The first-order valence-electron chi connectivity index (χ1n) is 5.23. The molecule has 4 heteroatoms. The Morgan fingerprint density at radius 2 is 1.81 bits per heavy atom. The zero-order chi connectivity index (χ0) is 11.4. The molecule has 0 aliphatic carbocycles. The molecule has 0 N–H and O–H groups in total. The standard InChI is InChI=1S/C12H13NO2S/c14-9-10-1-3-11(4-2-10)12(15)13-5-7-16-8-6-13/h1-4,9H,5-8H2. The van der Waals surface area contributed by atoms with Gasteiger partial charge in [0.1, 0.15) is 6.29 Å². The summed E-state index contributed by atoms with van der Waals surface area (Å²) in [5, 5.41) is 0. The Bertz CT molecular complexity index is 383. The Morgan fingerprint density at radius 3 is 2.38 bits per heavy atom. The van der Waals surface area contributed by atoms with E-state index in [9.17, 15) is 9.59 Å². The van der Waals surface area contributed by atoms with E-state index < -0.39 is 0 Å². The Hall–Kier alpha value is -1.29. The molecule has 16 heavy (non-hydrogen) atoms. The highest BCUT2D eigenvalue weighted by atomic mass is 32.2. The fourth-order valence-electron chi connectivity index (χ4n) is 1.65. The van der Waals surface area contributed by atoms with Crippen LogP contribution in [0.3, 0.4) is 0 Å². The molecule has 3 nitrogen and oxygen atoms in total. The van der Waals surface area contributed by atoms with E-state index in [-0.39, 0.29) is 5.91 Å². The maximum atomic E-state index is 12.0. The molecule has 0 radical (unpaired) electrons. The SMILES string of the molecule is O=Cc1ccc(C(=O)N2CCSCC2)cc1. The first-order valence-corrected chi connectivity index (χ1v) is 6.39. The van der Waals surface area contributed by atoms with Gasteiger partial charge in [0.25, 0.3) is 5.91 Å². The molecule has 1 aliphatic heterocycles. The van der Waals surface area contributed by atoms with E-state index in [1.807, 2.05) is 16.7 Å². The maximum absolute atomic E-state index is 12.0. The normalized spacial score (nSPS) is 15.9. The minimum Gasteiger partial charge on any atom is -0.337 e. The van der Waals surface area contributed by atoms with Gasteiger partial charge in [0, 0.05) is 35.7 Å². The fourth-order valence-corrected chi connectivity index (χ4v) is 2.56. The number of amides is 1. The van der Waals surface area contributed by atoms with Crippen LogP contribution in [0.25, 0.3) is 0 Å². The summed E-state index contributed by atoms with van der Waals surface area (Å²) in [7, 11) is 0. The highest BCUT2D eigenvalue weighted by Crippen LogP contribution is 2.13. The summed E-state index contributed by atoms with van der Waals surface area (Å²) in [6.07, 6.45) is 0.784. The van der Waals surface area contributed by atoms with Gasteiger partial charge >= 0.3 is 0 Å². The number of hydrogen-bond donors (Lipinski definition) is 0. The van der Waals surface area contributed by atoms with Crippen LogP contribution in [0.5, 0.6) is 0 Å². The highest BCUT2D eigenvalue weighted by Gasteiger charge is 2.17. The Balaban J connectivity index is 2.10. The second-order valence-electron chi connectivity index (χ2n) is 3.64. The van der Waals surface area contributed by atoms with Crippen molar-refractivity contribution in [1.29, 1.82) is 0 Å². The number of aldehydes is 1. The lowest BCUT2D eigenvalue weighted by atomic mass is 10.1. The molecule has 1 heterocycles. The van der Waals surface area contributed by atoms with Crippen molar-refractivity contribution in [2.75, 3.05) is 24.6 Å². The van der Waals surface area contributed by atoms with Gasteiger partial charge in [-0.3, -0.25) is 9.59 Å². The van der Waals surface area contributed by atoms with Gasteiger partial charge in [-0.15, -0.1) is 0 Å². The third kappa shape index (κ3) is 2.44. The van der Waals surface area contributed by atoms with Crippen molar-refractivity contribution < 1.29 is 9.59 Å². The smallest absolute Gasteiger partial charge is 0.253 e. The molecule has 1 aliphatic rings. The van der Waals surface area contributed by atoms with Crippen LogP contribution in [0.1, 0.15) is 20.7 Å². The molecule has 1 amide bonds. The van der Waals surface area contributed by atoms with Gasteiger partial charge in [-0.2, -0.15) is 11.8 Å². The van der Waals surface area contributed by atoms with Crippen LogP contribution in [0.15, 0.2) is 24.3 Å². The first kappa shape index (κ1) is 11.2. The number of carbonyl (C=O) groups is 2. The van der Waals surface area contributed by atoms with E-state index in [0.29, 0.717) is 11.1 Å². The van der Waals surface area contributed by atoms with E-state index in [1.54, 1.807) is 24.3 Å². The van der Waals surface area contributed by atoms with Crippen molar-refractivity contribution in [3.63, 3.8) is 0 Å². The topological polar surface area (TPSA) is 37.4 Å². The molecule has 1 saturated heterocycles. The van der Waals surface area contributed by atoms with Crippen molar-refractivity contribution in [3.05, 3.63) is 35.4 Å². The monoisotopic (exact) mass is 235 g/mol. The van der Waals surface area contributed by atoms with Crippen LogP contribution in [0, 0.1) is 0 Å². The average molecular weight is 235 g/mol. The van der Waals surface area contributed by atoms with Gasteiger partial charge in [0.15, 0.2) is 0 Å². The third-order valence-corrected chi connectivity index (χ3v) is 3.53. The van der Waals surface area contributed by atoms with Crippen LogP contribution in [-0.2, 0) is 0 Å². The van der Waals surface area contributed by atoms with Gasteiger partial charge in [-0.1, -0.05) is 12.1 Å². The van der Waals surface area contributed by atoms with Crippen molar-refractivity contribution in [1.82, 2.24) is 4.90 Å². The lowest BCUT2D eigenvalue weighted by molar-refractivity contribution is 0.0772. The van der Waals surface area contributed by atoms with E-state index >= 15 is 0 Å². The number of thioether (sulfide) groups is 1. The summed E-state index contributed by atoms with van der Waals surface area (Å²) >= 11 is 1.88. The number of rotatable bonds is 2. The number of carbonyl (C=O) groups excluding carboxylic acids is 2. The molecular formula is C12H13NO2S. The minimum atomic E-state index is 0.0674. The quantitative estimate of drug-likeness (QED) is 0.732. The Kier molecular flexibility index (Phi) is 3.62. The molecule has 0 saturated carbocycles. The zero-order valence-electron chi connectivity index (χ0n) is 8.89. The molecule has 0 unspecified atom stereocenters. The average Bonchev–Trinajstić information content (AvgIpc) is 2.39. The lowest BCUT2D eigenvalue weighted by Gasteiger charge is -2.26. The van der Waals surface area contributed by atoms with Gasteiger partial charge in [-0.25, -0.2) is 0 Å². The summed E-state index contributed by atoms with van der Waals surface area (Å²) in [4.78, 5) is 24.4. The molecule has 0 bridgehead atoms. The van der Waals surface area contributed by atoms with Crippen LogP contribution in [0.4, 0.5) is 0 Å². The molecule has 0 spiro atoms. The maximum Gasteiger partial charge on any atom is 0.253 e. The van der Waals surface area contributed by atoms with Gasteiger partial charge in [-0.05, 0) is 12.1 Å². The largest absolute Gasteiger partial charge is 0.337 e. The van der Waals surface area contributed by atoms with Gasteiger partial charge in [0.05, 0.1) is 0 Å². The molecule has 1 fully saturated rings. The Labute approximate surface area is 98.8 Å². The van der Waals surface area contributed by atoms with Gasteiger partial charge < -0.3 is 4.90 Å². The lowest BCUT2D eigenvalue weighted by Crippen LogP contribution is -2.37. The van der Waals surface area contributed by atoms with Crippen molar-refractivity contribution in [2.45, 2.75) is 0 Å². The summed E-state index contributed by atoms with van der Waals surface area (Å²) < 4.78 is 0. The summed E-state index contributed by atoms with van der Waals surface area (Å²) in [6, 6.07) is 6.79. The van der Waals surface area contributed by atoms with Gasteiger partial charge in [0.2, 0.25) is 0 Å². The number of benzene rings is 1. The van der Waals surface area contributed by atoms with Crippen molar-refractivity contribution in [2.24, 2.45) is 0 Å². The van der Waals surface area contributed by atoms with Crippen LogP contribution >= 0.6 is 11.8 Å². The highest BCUT2D eigenvalue weighted by molar-refractivity contribution is 7.99. The molecule has 1 aromatic carbocycles. The second-order valence-corrected chi connectivity index (χ2v) is 4.87. The van der Waals surface area contributed by atoms with Crippen molar-refractivity contribution in [3.8, 4) is 0 Å².